The lowest BCUT2D eigenvalue weighted by Gasteiger charge is -2.09. The standard InChI is InChI=1S/C14H17NO5S/c1-19-13-7-6-12(21(17,18)15-11-4-5-11)9-10(13)3-8-14(16)20-2/h3,6-9,11,15H,4-5H2,1-2H3/b8-3+. The van der Waals surface area contributed by atoms with Gasteiger partial charge in [0.2, 0.25) is 10.0 Å². The number of benzene rings is 1. The fourth-order valence-electron chi connectivity index (χ4n) is 1.72. The molecule has 7 heteroatoms. The molecule has 0 amide bonds. The van der Waals surface area contributed by atoms with Crippen LogP contribution in [0.25, 0.3) is 6.08 Å². The van der Waals surface area contributed by atoms with Crippen LogP contribution in [0.1, 0.15) is 18.4 Å². The van der Waals surface area contributed by atoms with Crippen molar-refractivity contribution in [3.05, 3.63) is 29.8 Å². The van der Waals surface area contributed by atoms with Gasteiger partial charge in [-0.2, -0.15) is 0 Å². The van der Waals surface area contributed by atoms with Gasteiger partial charge in [-0.25, -0.2) is 17.9 Å². The second-order valence-corrected chi connectivity index (χ2v) is 6.37. The third-order valence-electron chi connectivity index (χ3n) is 3.01. The van der Waals surface area contributed by atoms with Gasteiger partial charge in [0, 0.05) is 17.7 Å². The number of nitrogens with one attached hydrogen (secondary N) is 1. The average molecular weight is 311 g/mol. The maximum absolute atomic E-state index is 12.2. The minimum atomic E-state index is -3.54. The van der Waals surface area contributed by atoms with Crippen molar-refractivity contribution in [1.29, 1.82) is 0 Å². The summed E-state index contributed by atoms with van der Waals surface area (Å²) in [4.78, 5) is 11.3. The van der Waals surface area contributed by atoms with E-state index >= 15 is 0 Å². The van der Waals surface area contributed by atoms with Crippen LogP contribution in [0.5, 0.6) is 5.75 Å². The molecule has 0 saturated heterocycles. The predicted molar refractivity (Wildman–Crippen MR) is 77.4 cm³/mol. The number of rotatable bonds is 6. The van der Waals surface area contributed by atoms with E-state index < -0.39 is 16.0 Å². The molecule has 1 aromatic carbocycles. The summed E-state index contributed by atoms with van der Waals surface area (Å²) in [5.41, 5.74) is 0.488. The summed E-state index contributed by atoms with van der Waals surface area (Å²) in [7, 11) is -0.802. The van der Waals surface area contributed by atoms with E-state index in [9.17, 15) is 13.2 Å². The normalized spacial score (nSPS) is 15.1. The minimum Gasteiger partial charge on any atom is -0.496 e. The van der Waals surface area contributed by atoms with Gasteiger partial charge in [0.1, 0.15) is 5.75 Å². The van der Waals surface area contributed by atoms with E-state index in [0.717, 1.165) is 12.8 Å². The number of ether oxygens (including phenoxy) is 2. The van der Waals surface area contributed by atoms with E-state index in [4.69, 9.17) is 4.74 Å². The van der Waals surface area contributed by atoms with Gasteiger partial charge in [-0.05, 0) is 37.1 Å². The zero-order valence-electron chi connectivity index (χ0n) is 11.8. The molecule has 1 N–H and O–H groups in total. The molecule has 0 atom stereocenters. The Morgan fingerprint density at radius 2 is 2.05 bits per heavy atom. The molecule has 1 aliphatic rings. The Labute approximate surface area is 123 Å². The summed E-state index contributed by atoms with van der Waals surface area (Å²) in [6.45, 7) is 0. The molecule has 1 saturated carbocycles. The molecule has 1 fully saturated rings. The van der Waals surface area contributed by atoms with Crippen molar-refractivity contribution < 1.29 is 22.7 Å². The quantitative estimate of drug-likeness (QED) is 0.633. The van der Waals surface area contributed by atoms with Crippen LogP contribution < -0.4 is 9.46 Å². The lowest BCUT2D eigenvalue weighted by atomic mass is 10.2. The second-order valence-electron chi connectivity index (χ2n) is 4.66. The summed E-state index contributed by atoms with van der Waals surface area (Å²) < 4.78 is 36.6. The molecule has 0 radical (unpaired) electrons. The first-order valence-corrected chi connectivity index (χ1v) is 7.91. The molecule has 0 unspecified atom stereocenters. The molecule has 114 valence electrons. The monoisotopic (exact) mass is 311 g/mol. The third-order valence-corrected chi connectivity index (χ3v) is 4.53. The zero-order valence-corrected chi connectivity index (χ0v) is 12.6. The maximum atomic E-state index is 12.2. The fraction of sp³-hybridized carbons (Fsp3) is 0.357. The number of hydrogen-bond donors (Lipinski definition) is 1. The van der Waals surface area contributed by atoms with Crippen molar-refractivity contribution in [3.63, 3.8) is 0 Å². The van der Waals surface area contributed by atoms with Crippen LogP contribution in [-0.2, 0) is 19.6 Å². The molecular weight excluding hydrogens is 294 g/mol. The van der Waals surface area contributed by atoms with Crippen molar-refractivity contribution in [2.45, 2.75) is 23.8 Å². The van der Waals surface area contributed by atoms with Crippen LogP contribution in [0.4, 0.5) is 0 Å². The number of esters is 1. The van der Waals surface area contributed by atoms with Crippen LogP contribution in [0.2, 0.25) is 0 Å². The molecule has 2 rings (SSSR count). The van der Waals surface area contributed by atoms with Gasteiger partial charge >= 0.3 is 5.97 Å². The topological polar surface area (TPSA) is 81.7 Å². The first kappa shape index (κ1) is 15.5. The Bertz CT molecular complexity index is 662. The Balaban J connectivity index is 2.32. The highest BCUT2D eigenvalue weighted by Crippen LogP contribution is 2.26. The lowest BCUT2D eigenvalue weighted by Crippen LogP contribution is -2.25. The lowest BCUT2D eigenvalue weighted by molar-refractivity contribution is -0.134. The molecular formula is C14H17NO5S. The van der Waals surface area contributed by atoms with Gasteiger partial charge in [0.25, 0.3) is 0 Å². The molecule has 6 nitrogen and oxygen atoms in total. The largest absolute Gasteiger partial charge is 0.496 e. The number of carbonyl (C=O) groups excluding carboxylic acids is 1. The summed E-state index contributed by atoms with van der Waals surface area (Å²) >= 11 is 0. The van der Waals surface area contributed by atoms with E-state index in [1.807, 2.05) is 0 Å². The predicted octanol–water partition coefficient (Wildman–Crippen LogP) is 1.32. The van der Waals surface area contributed by atoms with Crippen molar-refractivity contribution in [3.8, 4) is 5.75 Å². The third kappa shape index (κ3) is 4.05. The number of sulfonamides is 1. The van der Waals surface area contributed by atoms with Gasteiger partial charge in [0.05, 0.1) is 19.1 Å². The van der Waals surface area contributed by atoms with Gasteiger partial charge in [0.15, 0.2) is 0 Å². The molecule has 0 heterocycles. The average Bonchev–Trinajstić information content (AvgIpc) is 3.27. The number of hydrogen-bond acceptors (Lipinski definition) is 5. The SMILES string of the molecule is COC(=O)/C=C/c1cc(S(=O)(=O)NC2CC2)ccc1OC. The van der Waals surface area contributed by atoms with Crippen molar-refractivity contribution >= 4 is 22.1 Å². The van der Waals surface area contributed by atoms with E-state index in [0.29, 0.717) is 11.3 Å². The Morgan fingerprint density at radius 3 is 2.62 bits per heavy atom. The highest BCUT2D eigenvalue weighted by atomic mass is 32.2. The molecule has 0 bridgehead atoms. The molecule has 21 heavy (non-hydrogen) atoms. The van der Waals surface area contributed by atoms with Crippen molar-refractivity contribution in [2.24, 2.45) is 0 Å². The highest BCUT2D eigenvalue weighted by molar-refractivity contribution is 7.89. The van der Waals surface area contributed by atoms with E-state index in [2.05, 4.69) is 9.46 Å². The van der Waals surface area contributed by atoms with Gasteiger partial charge in [-0.3, -0.25) is 0 Å². The summed E-state index contributed by atoms with van der Waals surface area (Å²) in [5.74, 6) is -0.0538. The molecule has 0 spiro atoms. The van der Waals surface area contributed by atoms with Crippen LogP contribution in [-0.4, -0.2) is 34.6 Å². The molecule has 1 aliphatic carbocycles. The number of methoxy groups -OCH3 is 2. The summed E-state index contributed by atoms with van der Waals surface area (Å²) in [6.07, 6.45) is 4.40. The fourth-order valence-corrected chi connectivity index (χ4v) is 3.06. The maximum Gasteiger partial charge on any atom is 0.330 e. The van der Waals surface area contributed by atoms with Gasteiger partial charge < -0.3 is 9.47 Å². The van der Waals surface area contributed by atoms with Crippen molar-refractivity contribution in [1.82, 2.24) is 4.72 Å². The van der Waals surface area contributed by atoms with Gasteiger partial charge in [-0.15, -0.1) is 0 Å². The second kappa shape index (κ2) is 6.28. The molecule has 1 aromatic rings. The van der Waals surface area contributed by atoms with Gasteiger partial charge in [-0.1, -0.05) is 0 Å². The zero-order chi connectivity index (χ0) is 15.5. The van der Waals surface area contributed by atoms with Crippen molar-refractivity contribution in [2.75, 3.05) is 14.2 Å². The highest BCUT2D eigenvalue weighted by Gasteiger charge is 2.28. The van der Waals surface area contributed by atoms with E-state index in [1.165, 1.54) is 38.5 Å². The van der Waals surface area contributed by atoms with Crippen LogP contribution >= 0.6 is 0 Å². The van der Waals surface area contributed by atoms with E-state index in [-0.39, 0.29) is 10.9 Å². The molecule has 0 aromatic heterocycles. The van der Waals surface area contributed by atoms with Crippen LogP contribution in [0.3, 0.4) is 0 Å². The first-order chi connectivity index (χ1) is 9.96. The number of carbonyl (C=O) groups is 1. The smallest absolute Gasteiger partial charge is 0.330 e. The van der Waals surface area contributed by atoms with E-state index in [1.54, 1.807) is 6.07 Å². The van der Waals surface area contributed by atoms with Crippen LogP contribution in [0, 0.1) is 0 Å². The Kier molecular flexibility index (Phi) is 4.64. The first-order valence-electron chi connectivity index (χ1n) is 6.42. The minimum absolute atomic E-state index is 0.0335. The Hall–Kier alpha value is -1.86. The summed E-state index contributed by atoms with van der Waals surface area (Å²) in [5, 5.41) is 0. The molecule has 0 aliphatic heterocycles. The Morgan fingerprint density at radius 1 is 1.33 bits per heavy atom. The summed E-state index contributed by atoms with van der Waals surface area (Å²) in [6, 6.07) is 4.52. The van der Waals surface area contributed by atoms with Crippen LogP contribution in [0.15, 0.2) is 29.2 Å².